The summed E-state index contributed by atoms with van der Waals surface area (Å²) in [6, 6.07) is 8.68. The Bertz CT molecular complexity index is 520. The predicted octanol–water partition coefficient (Wildman–Crippen LogP) is 1.09. The Balaban J connectivity index is 2.27. The number of anilines is 1. The third kappa shape index (κ3) is 2.16. The second kappa shape index (κ2) is 3.74. The van der Waals surface area contributed by atoms with Gasteiger partial charge in [0, 0.05) is 12.4 Å². The highest BCUT2D eigenvalue weighted by molar-refractivity contribution is 7.91. The van der Waals surface area contributed by atoms with E-state index in [0.29, 0.717) is 5.69 Å². The maximum Gasteiger partial charge on any atom is 0.328 e. The first-order chi connectivity index (χ1) is 7.18. The zero-order chi connectivity index (χ0) is 10.7. The average Bonchev–Trinajstić information content (AvgIpc) is 2.71. The Morgan fingerprint density at radius 2 is 1.93 bits per heavy atom. The normalized spacial score (nSPS) is 11.2. The number of para-hydroxylation sites is 1. The van der Waals surface area contributed by atoms with Crippen molar-refractivity contribution in [2.24, 2.45) is 0 Å². The van der Waals surface area contributed by atoms with E-state index in [4.69, 9.17) is 0 Å². The van der Waals surface area contributed by atoms with Crippen molar-refractivity contribution in [2.75, 3.05) is 4.72 Å². The minimum Gasteiger partial charge on any atom is -0.266 e. The number of benzene rings is 1. The third-order valence-corrected chi connectivity index (χ3v) is 3.04. The van der Waals surface area contributed by atoms with Crippen molar-refractivity contribution in [3.8, 4) is 0 Å². The largest absolute Gasteiger partial charge is 0.328 e. The second-order valence-corrected chi connectivity index (χ2v) is 4.44. The molecule has 0 bridgehead atoms. The van der Waals surface area contributed by atoms with Crippen molar-refractivity contribution in [1.82, 2.24) is 8.96 Å². The van der Waals surface area contributed by atoms with Gasteiger partial charge in [0.25, 0.3) is 0 Å². The Kier molecular flexibility index (Phi) is 2.42. The van der Waals surface area contributed by atoms with Gasteiger partial charge in [-0.3, -0.25) is 4.72 Å². The van der Waals surface area contributed by atoms with Crippen molar-refractivity contribution in [3.05, 3.63) is 49.1 Å². The monoisotopic (exact) mass is 223 g/mol. The van der Waals surface area contributed by atoms with Crippen LogP contribution in [0.3, 0.4) is 0 Å². The molecular weight excluding hydrogens is 214 g/mol. The van der Waals surface area contributed by atoms with E-state index in [0.717, 1.165) is 3.97 Å². The maximum atomic E-state index is 11.7. The molecule has 1 heterocycles. The summed E-state index contributed by atoms with van der Waals surface area (Å²) in [7, 11) is -3.57. The lowest BCUT2D eigenvalue weighted by Gasteiger charge is -2.07. The molecule has 0 unspecified atom stereocenters. The summed E-state index contributed by atoms with van der Waals surface area (Å²) >= 11 is 0. The van der Waals surface area contributed by atoms with E-state index >= 15 is 0 Å². The molecule has 2 rings (SSSR count). The van der Waals surface area contributed by atoms with Crippen LogP contribution in [0.4, 0.5) is 5.69 Å². The molecule has 2 aromatic rings. The van der Waals surface area contributed by atoms with Gasteiger partial charge in [0.15, 0.2) is 0 Å². The quantitative estimate of drug-likeness (QED) is 0.847. The van der Waals surface area contributed by atoms with Crippen LogP contribution in [0.25, 0.3) is 0 Å². The molecule has 0 fully saturated rings. The molecule has 6 heteroatoms. The van der Waals surface area contributed by atoms with E-state index in [9.17, 15) is 8.42 Å². The lowest BCUT2D eigenvalue weighted by atomic mass is 10.3. The summed E-state index contributed by atoms with van der Waals surface area (Å²) in [5.41, 5.74) is 0.520. The Labute approximate surface area is 87.6 Å². The van der Waals surface area contributed by atoms with Crippen molar-refractivity contribution in [1.29, 1.82) is 0 Å². The molecule has 0 spiro atoms. The molecule has 0 atom stereocenters. The summed E-state index contributed by atoms with van der Waals surface area (Å²) in [5.74, 6) is 0. The number of nitrogens with one attached hydrogen (secondary N) is 1. The fourth-order valence-electron chi connectivity index (χ4n) is 1.10. The first-order valence-electron chi connectivity index (χ1n) is 4.25. The third-order valence-electron chi connectivity index (χ3n) is 1.78. The molecule has 0 radical (unpaired) electrons. The highest BCUT2D eigenvalue weighted by Gasteiger charge is 2.10. The molecule has 15 heavy (non-hydrogen) atoms. The van der Waals surface area contributed by atoms with Gasteiger partial charge >= 0.3 is 10.2 Å². The highest BCUT2D eigenvalue weighted by atomic mass is 32.2. The van der Waals surface area contributed by atoms with Gasteiger partial charge in [0.05, 0.1) is 5.69 Å². The summed E-state index contributed by atoms with van der Waals surface area (Å²) in [4.78, 5) is 3.67. The lowest BCUT2D eigenvalue weighted by molar-refractivity contribution is 0.592. The topological polar surface area (TPSA) is 64.0 Å². The van der Waals surface area contributed by atoms with E-state index < -0.39 is 10.2 Å². The molecule has 0 aliphatic heterocycles. The SMILES string of the molecule is O=S(=O)(Nc1ccccc1)n1ccnc1. The number of imidazole rings is 1. The first-order valence-corrected chi connectivity index (χ1v) is 5.69. The zero-order valence-electron chi connectivity index (χ0n) is 7.74. The molecule has 0 aliphatic rings. The Morgan fingerprint density at radius 3 is 2.53 bits per heavy atom. The smallest absolute Gasteiger partial charge is 0.266 e. The van der Waals surface area contributed by atoms with E-state index in [1.165, 1.54) is 18.7 Å². The fourth-order valence-corrected chi connectivity index (χ4v) is 2.03. The van der Waals surface area contributed by atoms with E-state index in [1.54, 1.807) is 24.3 Å². The lowest BCUT2D eigenvalue weighted by Crippen LogP contribution is -2.19. The van der Waals surface area contributed by atoms with Gasteiger partial charge in [-0.2, -0.15) is 8.42 Å². The van der Waals surface area contributed by atoms with Crippen molar-refractivity contribution in [3.63, 3.8) is 0 Å². The number of rotatable bonds is 3. The zero-order valence-corrected chi connectivity index (χ0v) is 8.55. The first kappa shape index (κ1) is 9.72. The van der Waals surface area contributed by atoms with Gasteiger partial charge in [-0.25, -0.2) is 8.96 Å². The Morgan fingerprint density at radius 1 is 1.20 bits per heavy atom. The van der Waals surface area contributed by atoms with Gasteiger partial charge in [-0.05, 0) is 12.1 Å². The van der Waals surface area contributed by atoms with Gasteiger partial charge in [0.1, 0.15) is 6.33 Å². The van der Waals surface area contributed by atoms with Gasteiger partial charge in [0.2, 0.25) is 0 Å². The van der Waals surface area contributed by atoms with Gasteiger partial charge in [-0.1, -0.05) is 18.2 Å². The van der Waals surface area contributed by atoms with Gasteiger partial charge < -0.3 is 0 Å². The van der Waals surface area contributed by atoms with Gasteiger partial charge in [-0.15, -0.1) is 0 Å². The van der Waals surface area contributed by atoms with E-state index in [1.807, 2.05) is 6.07 Å². The maximum absolute atomic E-state index is 11.7. The number of hydrogen-bond donors (Lipinski definition) is 1. The molecule has 1 N–H and O–H groups in total. The summed E-state index contributed by atoms with van der Waals surface area (Å²) in [6.07, 6.45) is 4.00. The van der Waals surface area contributed by atoms with Crippen LogP contribution in [0.15, 0.2) is 49.1 Å². The summed E-state index contributed by atoms with van der Waals surface area (Å²) in [5, 5.41) is 0. The van der Waals surface area contributed by atoms with Crippen molar-refractivity contribution in [2.45, 2.75) is 0 Å². The van der Waals surface area contributed by atoms with Crippen LogP contribution in [-0.4, -0.2) is 17.4 Å². The molecule has 0 aliphatic carbocycles. The van der Waals surface area contributed by atoms with Crippen LogP contribution in [-0.2, 0) is 10.2 Å². The molecular formula is C9H9N3O2S. The summed E-state index contributed by atoms with van der Waals surface area (Å²) in [6.45, 7) is 0. The number of hydrogen-bond acceptors (Lipinski definition) is 3. The van der Waals surface area contributed by atoms with Crippen LogP contribution in [0, 0.1) is 0 Å². The fraction of sp³-hybridized carbons (Fsp3) is 0. The van der Waals surface area contributed by atoms with Crippen LogP contribution in [0.5, 0.6) is 0 Å². The predicted molar refractivity (Wildman–Crippen MR) is 56.6 cm³/mol. The summed E-state index contributed by atoms with van der Waals surface area (Å²) < 4.78 is 26.8. The average molecular weight is 223 g/mol. The van der Waals surface area contributed by atoms with Crippen LogP contribution in [0.1, 0.15) is 0 Å². The molecule has 1 aromatic carbocycles. The van der Waals surface area contributed by atoms with Crippen molar-refractivity contribution >= 4 is 15.9 Å². The highest BCUT2D eigenvalue weighted by Crippen LogP contribution is 2.08. The molecule has 1 aromatic heterocycles. The molecule has 0 saturated heterocycles. The van der Waals surface area contributed by atoms with Crippen LogP contribution in [0.2, 0.25) is 0 Å². The van der Waals surface area contributed by atoms with Crippen molar-refractivity contribution < 1.29 is 8.42 Å². The van der Waals surface area contributed by atoms with Crippen LogP contribution >= 0.6 is 0 Å². The number of nitrogens with zero attached hydrogens (tertiary/aromatic N) is 2. The minimum absolute atomic E-state index is 0.520. The minimum atomic E-state index is -3.57. The molecule has 0 amide bonds. The molecule has 5 nitrogen and oxygen atoms in total. The Hall–Kier alpha value is -1.82. The molecule has 78 valence electrons. The van der Waals surface area contributed by atoms with E-state index in [2.05, 4.69) is 9.71 Å². The van der Waals surface area contributed by atoms with Crippen LogP contribution < -0.4 is 4.72 Å². The second-order valence-electron chi connectivity index (χ2n) is 2.87. The van der Waals surface area contributed by atoms with E-state index in [-0.39, 0.29) is 0 Å². The number of aromatic nitrogens is 2. The standard InChI is InChI=1S/C9H9N3O2S/c13-15(14,12-7-6-10-8-12)11-9-4-2-1-3-5-9/h1-8,11H. The molecule has 0 saturated carbocycles.